The Bertz CT molecular complexity index is 625. The molecule has 172 valence electrons. The van der Waals surface area contributed by atoms with E-state index in [4.69, 9.17) is 13.9 Å². The minimum atomic E-state index is -1.83. The van der Waals surface area contributed by atoms with Gasteiger partial charge in [0, 0.05) is 0 Å². The summed E-state index contributed by atoms with van der Waals surface area (Å²) < 4.78 is 18.5. The molecule has 0 aromatic rings. The van der Waals surface area contributed by atoms with Crippen molar-refractivity contribution in [3.05, 3.63) is 0 Å². The maximum absolute atomic E-state index is 6.41. The highest BCUT2D eigenvalue weighted by atomic mass is 28.4. The van der Waals surface area contributed by atoms with Gasteiger partial charge in [0.1, 0.15) is 12.2 Å². The standard InChI is InChI=1S/C26H46O3Si/c1-10-12-13-14-15-16-20-23-24(28-26(6,7)27-23)21-18-17-19-22(11-2)29-30(8,9)25(3,4)5/h22-24H,10-16,20H2,1-9H3/t22?,23-,24-/m1/s1. The topological polar surface area (TPSA) is 27.7 Å². The normalized spacial score (nSPS) is 22.0. The molecule has 1 fully saturated rings. The Morgan fingerprint density at radius 2 is 1.60 bits per heavy atom. The van der Waals surface area contributed by atoms with Gasteiger partial charge in [0.05, 0.1) is 6.10 Å². The minimum Gasteiger partial charge on any atom is -0.403 e. The van der Waals surface area contributed by atoms with Gasteiger partial charge in [-0.05, 0) is 56.7 Å². The molecule has 30 heavy (non-hydrogen) atoms. The maximum Gasteiger partial charge on any atom is 0.193 e. The van der Waals surface area contributed by atoms with Crippen molar-refractivity contribution in [3.63, 3.8) is 0 Å². The van der Waals surface area contributed by atoms with E-state index in [-0.39, 0.29) is 23.4 Å². The van der Waals surface area contributed by atoms with E-state index in [0.717, 1.165) is 19.3 Å². The lowest BCUT2D eigenvalue weighted by atomic mass is 10.0. The molecule has 0 aromatic carbocycles. The Kier molecular flexibility index (Phi) is 11.2. The van der Waals surface area contributed by atoms with Gasteiger partial charge in [-0.25, -0.2) is 0 Å². The van der Waals surface area contributed by atoms with Crippen molar-refractivity contribution in [1.29, 1.82) is 0 Å². The first-order chi connectivity index (χ1) is 13.9. The minimum absolute atomic E-state index is 0.0333. The fourth-order valence-electron chi connectivity index (χ4n) is 3.27. The monoisotopic (exact) mass is 434 g/mol. The predicted molar refractivity (Wildman–Crippen MR) is 130 cm³/mol. The zero-order chi connectivity index (χ0) is 22.8. The van der Waals surface area contributed by atoms with Crippen LogP contribution in [0.3, 0.4) is 0 Å². The molecule has 0 saturated carbocycles. The molecule has 1 aliphatic rings. The summed E-state index contributed by atoms with van der Waals surface area (Å²) in [5.41, 5.74) is 0. The van der Waals surface area contributed by atoms with Crippen molar-refractivity contribution in [2.45, 2.75) is 142 Å². The largest absolute Gasteiger partial charge is 0.403 e. The van der Waals surface area contributed by atoms with Crippen molar-refractivity contribution in [3.8, 4) is 23.7 Å². The Labute approximate surface area is 188 Å². The van der Waals surface area contributed by atoms with Gasteiger partial charge in [-0.15, -0.1) is 0 Å². The van der Waals surface area contributed by atoms with Crippen LogP contribution >= 0.6 is 0 Å². The van der Waals surface area contributed by atoms with E-state index < -0.39 is 14.1 Å². The fraction of sp³-hybridized carbons (Fsp3) is 0.846. The van der Waals surface area contributed by atoms with Gasteiger partial charge in [-0.2, -0.15) is 0 Å². The van der Waals surface area contributed by atoms with Gasteiger partial charge >= 0.3 is 0 Å². The van der Waals surface area contributed by atoms with Crippen LogP contribution in [-0.4, -0.2) is 32.4 Å². The van der Waals surface area contributed by atoms with E-state index in [1.807, 2.05) is 13.8 Å². The lowest BCUT2D eigenvalue weighted by Crippen LogP contribution is -2.43. The molecular weight excluding hydrogens is 388 g/mol. The number of rotatable bonds is 10. The van der Waals surface area contributed by atoms with Crippen molar-refractivity contribution < 1.29 is 13.9 Å². The Balaban J connectivity index is 2.65. The molecule has 1 aliphatic heterocycles. The highest BCUT2D eigenvalue weighted by Gasteiger charge is 2.40. The van der Waals surface area contributed by atoms with Crippen LogP contribution in [0.1, 0.15) is 99.8 Å². The van der Waals surface area contributed by atoms with Crippen molar-refractivity contribution in [2.75, 3.05) is 0 Å². The van der Waals surface area contributed by atoms with Crippen molar-refractivity contribution >= 4 is 8.32 Å². The Morgan fingerprint density at radius 1 is 0.967 bits per heavy atom. The summed E-state index contributed by atoms with van der Waals surface area (Å²) in [6.45, 7) is 19.6. The molecule has 0 aliphatic carbocycles. The van der Waals surface area contributed by atoms with Gasteiger partial charge in [0.25, 0.3) is 0 Å². The third-order valence-corrected chi connectivity index (χ3v) is 10.6. The number of hydrogen-bond donors (Lipinski definition) is 0. The third kappa shape index (κ3) is 9.57. The number of ether oxygens (including phenoxy) is 2. The summed E-state index contributed by atoms with van der Waals surface area (Å²) in [6, 6.07) is 0. The van der Waals surface area contributed by atoms with Crippen LogP contribution in [0, 0.1) is 23.7 Å². The molecule has 1 heterocycles. The smallest absolute Gasteiger partial charge is 0.193 e. The Hall–Kier alpha value is -0.783. The number of hydrogen-bond acceptors (Lipinski definition) is 3. The molecule has 1 rings (SSSR count). The molecule has 4 heteroatoms. The van der Waals surface area contributed by atoms with Gasteiger partial charge in [-0.1, -0.05) is 85.0 Å². The first kappa shape index (κ1) is 27.3. The zero-order valence-corrected chi connectivity index (χ0v) is 22.1. The highest BCUT2D eigenvalue weighted by Crippen LogP contribution is 2.37. The predicted octanol–water partition coefficient (Wildman–Crippen LogP) is 7.06. The van der Waals surface area contributed by atoms with Crippen LogP contribution in [-0.2, 0) is 13.9 Å². The molecule has 1 unspecified atom stereocenters. The fourth-order valence-corrected chi connectivity index (χ4v) is 4.56. The summed E-state index contributed by atoms with van der Waals surface area (Å²) >= 11 is 0. The maximum atomic E-state index is 6.41. The molecule has 0 spiro atoms. The average molecular weight is 435 g/mol. The van der Waals surface area contributed by atoms with Crippen molar-refractivity contribution in [2.24, 2.45) is 0 Å². The molecule has 0 N–H and O–H groups in total. The van der Waals surface area contributed by atoms with Crippen LogP contribution in [0.2, 0.25) is 18.1 Å². The second kappa shape index (κ2) is 12.3. The second-order valence-corrected chi connectivity index (χ2v) is 15.2. The van der Waals surface area contributed by atoms with E-state index in [1.54, 1.807) is 0 Å². The summed E-state index contributed by atoms with van der Waals surface area (Å²) in [6.07, 6.45) is 9.31. The van der Waals surface area contributed by atoms with Crippen LogP contribution in [0.5, 0.6) is 0 Å². The highest BCUT2D eigenvalue weighted by molar-refractivity contribution is 6.74. The zero-order valence-electron chi connectivity index (χ0n) is 21.1. The average Bonchev–Trinajstić information content (AvgIpc) is 2.93. The van der Waals surface area contributed by atoms with Gasteiger partial charge in [0.2, 0.25) is 0 Å². The van der Waals surface area contributed by atoms with Crippen molar-refractivity contribution in [1.82, 2.24) is 0 Å². The van der Waals surface area contributed by atoms with Crippen LogP contribution in [0.4, 0.5) is 0 Å². The van der Waals surface area contributed by atoms with Crippen LogP contribution in [0.25, 0.3) is 0 Å². The van der Waals surface area contributed by atoms with Gasteiger partial charge < -0.3 is 13.9 Å². The van der Waals surface area contributed by atoms with E-state index in [2.05, 4.69) is 71.4 Å². The summed E-state index contributed by atoms with van der Waals surface area (Å²) in [4.78, 5) is 0. The third-order valence-electron chi connectivity index (χ3n) is 6.15. The Morgan fingerprint density at radius 3 is 2.20 bits per heavy atom. The molecule has 0 radical (unpaired) electrons. The second-order valence-electron chi connectivity index (χ2n) is 10.5. The van der Waals surface area contributed by atoms with Gasteiger partial charge in [0.15, 0.2) is 14.1 Å². The van der Waals surface area contributed by atoms with E-state index in [9.17, 15) is 0 Å². The van der Waals surface area contributed by atoms with Gasteiger partial charge in [-0.3, -0.25) is 0 Å². The lowest BCUT2D eigenvalue weighted by molar-refractivity contribution is -0.143. The molecule has 0 aromatic heterocycles. The molecular formula is C26H46O3Si. The number of unbranched alkanes of at least 4 members (excludes halogenated alkanes) is 5. The molecule has 3 atom stereocenters. The molecule has 0 bridgehead atoms. The quantitative estimate of drug-likeness (QED) is 0.209. The summed E-state index contributed by atoms with van der Waals surface area (Å²) in [7, 11) is -1.83. The van der Waals surface area contributed by atoms with Crippen LogP contribution < -0.4 is 0 Å². The molecule has 1 saturated heterocycles. The van der Waals surface area contributed by atoms with E-state index >= 15 is 0 Å². The first-order valence-corrected chi connectivity index (χ1v) is 14.9. The summed E-state index contributed by atoms with van der Waals surface area (Å²) in [5, 5.41) is 0.179. The SMILES string of the molecule is CCCCCCCC[C@H]1OC(C)(C)O[C@@H]1C#CC#CC(CC)O[Si](C)(C)C(C)(C)C. The summed E-state index contributed by atoms with van der Waals surface area (Å²) in [5.74, 6) is 11.9. The van der Waals surface area contributed by atoms with Crippen LogP contribution in [0.15, 0.2) is 0 Å². The van der Waals surface area contributed by atoms with E-state index in [1.165, 1.54) is 32.1 Å². The van der Waals surface area contributed by atoms with E-state index in [0.29, 0.717) is 0 Å². The first-order valence-electron chi connectivity index (χ1n) is 12.0. The lowest BCUT2D eigenvalue weighted by Gasteiger charge is -2.37. The molecule has 0 amide bonds. The molecule has 3 nitrogen and oxygen atoms in total.